The topological polar surface area (TPSA) is 65.5 Å². The van der Waals surface area contributed by atoms with Crippen LogP contribution in [0.15, 0.2) is 41.8 Å². The smallest absolute Gasteiger partial charge is 0.190 e. The van der Waals surface area contributed by atoms with Gasteiger partial charge in [-0.05, 0) is 30.3 Å². The highest BCUT2D eigenvalue weighted by molar-refractivity contribution is 7.22. The van der Waals surface area contributed by atoms with Gasteiger partial charge in [-0.2, -0.15) is 0 Å². The number of hydrogen-bond donors (Lipinski definition) is 1. The van der Waals surface area contributed by atoms with E-state index in [1.807, 2.05) is 41.8 Å². The van der Waals surface area contributed by atoms with Crippen LogP contribution in [0.2, 0.25) is 0 Å². The van der Waals surface area contributed by atoms with Gasteiger partial charge in [-0.3, -0.25) is 0 Å². The van der Waals surface area contributed by atoms with E-state index in [4.69, 9.17) is 14.2 Å². The van der Waals surface area contributed by atoms with E-state index in [9.17, 15) is 0 Å². The lowest BCUT2D eigenvalue weighted by Crippen LogP contribution is -1.92. The Labute approximate surface area is 164 Å². The highest BCUT2D eigenvalue weighted by Crippen LogP contribution is 2.36. The monoisotopic (exact) mass is 399 g/mol. The Balaban J connectivity index is 1.62. The first-order valence-electron chi connectivity index (χ1n) is 8.09. The van der Waals surface area contributed by atoms with Crippen LogP contribution in [0.25, 0.3) is 21.5 Å². The third kappa shape index (κ3) is 3.54. The van der Waals surface area contributed by atoms with Crippen molar-refractivity contribution in [3.8, 4) is 28.5 Å². The molecule has 27 heavy (non-hydrogen) atoms. The van der Waals surface area contributed by atoms with Crippen LogP contribution in [0, 0.1) is 0 Å². The van der Waals surface area contributed by atoms with E-state index in [0.717, 1.165) is 49.0 Å². The zero-order valence-corrected chi connectivity index (χ0v) is 16.6. The third-order valence-electron chi connectivity index (χ3n) is 4.00. The Morgan fingerprint density at radius 1 is 0.852 bits per heavy atom. The van der Waals surface area contributed by atoms with Gasteiger partial charge in [-0.1, -0.05) is 11.3 Å². The van der Waals surface area contributed by atoms with Crippen LogP contribution in [0.3, 0.4) is 0 Å². The average molecular weight is 399 g/mol. The summed E-state index contributed by atoms with van der Waals surface area (Å²) in [5, 5.41) is 6.82. The summed E-state index contributed by atoms with van der Waals surface area (Å²) in [4.78, 5) is 9.29. The molecular formula is C19H17N3O3S2. The van der Waals surface area contributed by atoms with Crippen LogP contribution in [0.5, 0.6) is 17.2 Å². The van der Waals surface area contributed by atoms with Crippen LogP contribution < -0.4 is 19.5 Å². The number of anilines is 2. The van der Waals surface area contributed by atoms with E-state index < -0.39 is 0 Å². The van der Waals surface area contributed by atoms with Crippen molar-refractivity contribution >= 4 is 43.2 Å². The van der Waals surface area contributed by atoms with Crippen LogP contribution in [0.4, 0.5) is 10.3 Å². The number of benzene rings is 2. The molecule has 2 heterocycles. The van der Waals surface area contributed by atoms with Crippen LogP contribution in [-0.2, 0) is 0 Å². The Morgan fingerprint density at radius 2 is 1.63 bits per heavy atom. The predicted octanol–water partition coefficient (Wildman–Crippen LogP) is 5.19. The second kappa shape index (κ2) is 7.42. The summed E-state index contributed by atoms with van der Waals surface area (Å²) in [6.45, 7) is 0. The number of nitrogens with one attached hydrogen (secondary N) is 1. The number of aromatic nitrogens is 2. The van der Waals surface area contributed by atoms with Crippen molar-refractivity contribution in [2.75, 3.05) is 26.6 Å². The van der Waals surface area contributed by atoms with E-state index in [0.29, 0.717) is 0 Å². The molecule has 2 aromatic carbocycles. The van der Waals surface area contributed by atoms with Gasteiger partial charge >= 0.3 is 0 Å². The first kappa shape index (κ1) is 17.6. The molecule has 0 bridgehead atoms. The molecule has 0 unspecified atom stereocenters. The summed E-state index contributed by atoms with van der Waals surface area (Å²) in [5.74, 6) is 2.30. The minimum Gasteiger partial charge on any atom is -0.497 e. The molecule has 0 spiro atoms. The van der Waals surface area contributed by atoms with E-state index >= 15 is 0 Å². The highest BCUT2D eigenvalue weighted by Gasteiger charge is 2.13. The normalized spacial score (nSPS) is 10.8. The summed E-state index contributed by atoms with van der Waals surface area (Å²) in [7, 11) is 4.94. The lowest BCUT2D eigenvalue weighted by Gasteiger charge is -2.08. The van der Waals surface area contributed by atoms with Gasteiger partial charge in [0.05, 0.1) is 37.2 Å². The van der Waals surface area contributed by atoms with Crippen molar-refractivity contribution in [2.45, 2.75) is 0 Å². The van der Waals surface area contributed by atoms with Gasteiger partial charge in [0.2, 0.25) is 0 Å². The summed E-state index contributed by atoms with van der Waals surface area (Å²) in [6, 6.07) is 11.5. The summed E-state index contributed by atoms with van der Waals surface area (Å²) in [5.41, 5.74) is 2.60. The van der Waals surface area contributed by atoms with E-state index in [-0.39, 0.29) is 0 Å². The van der Waals surface area contributed by atoms with Crippen LogP contribution in [0.1, 0.15) is 0 Å². The van der Waals surface area contributed by atoms with Gasteiger partial charge < -0.3 is 19.5 Å². The Bertz CT molecular complexity index is 1090. The van der Waals surface area contributed by atoms with E-state index in [1.165, 1.54) is 11.3 Å². The van der Waals surface area contributed by atoms with Crippen molar-refractivity contribution in [1.82, 2.24) is 9.97 Å². The standard InChI is InChI=1S/C19H17N3O3S2/c1-23-11-4-6-16(25-3)13(8-11)15-10-26-18(21-15)22-19-20-14-9-12(24-2)5-7-17(14)27-19/h4-10H,1-3H3,(H,20,21,22). The number of ether oxygens (including phenoxy) is 3. The number of thiazole rings is 2. The first-order chi connectivity index (χ1) is 13.2. The average Bonchev–Trinajstić information content (AvgIpc) is 3.33. The SMILES string of the molecule is COc1ccc(OC)c(-c2csc(Nc3nc4cc(OC)ccc4s3)n2)c1. The summed E-state index contributed by atoms with van der Waals surface area (Å²) in [6.07, 6.45) is 0. The lowest BCUT2D eigenvalue weighted by molar-refractivity contribution is 0.404. The van der Waals surface area contributed by atoms with Crippen molar-refractivity contribution in [3.63, 3.8) is 0 Å². The molecule has 4 aromatic rings. The van der Waals surface area contributed by atoms with Crippen LogP contribution in [-0.4, -0.2) is 31.3 Å². The quantitative estimate of drug-likeness (QED) is 0.481. The molecule has 0 atom stereocenters. The third-order valence-corrected chi connectivity index (χ3v) is 5.70. The van der Waals surface area contributed by atoms with Gasteiger partial charge in [0, 0.05) is 17.0 Å². The lowest BCUT2D eigenvalue weighted by atomic mass is 10.1. The zero-order chi connectivity index (χ0) is 18.8. The molecular weight excluding hydrogens is 382 g/mol. The van der Waals surface area contributed by atoms with E-state index in [1.54, 1.807) is 32.7 Å². The fraction of sp³-hybridized carbons (Fsp3) is 0.158. The van der Waals surface area contributed by atoms with Gasteiger partial charge in [-0.25, -0.2) is 9.97 Å². The molecule has 4 rings (SSSR count). The molecule has 0 saturated carbocycles. The number of methoxy groups -OCH3 is 3. The summed E-state index contributed by atoms with van der Waals surface area (Å²) >= 11 is 3.09. The maximum absolute atomic E-state index is 5.46. The number of rotatable bonds is 6. The second-order valence-electron chi connectivity index (χ2n) is 5.58. The highest BCUT2D eigenvalue weighted by atomic mass is 32.1. The minimum atomic E-state index is 0.750. The molecule has 0 aliphatic carbocycles. The molecule has 6 nitrogen and oxygen atoms in total. The second-order valence-corrected chi connectivity index (χ2v) is 7.47. The van der Waals surface area contributed by atoms with Gasteiger partial charge in [0.15, 0.2) is 10.3 Å². The summed E-state index contributed by atoms with van der Waals surface area (Å²) < 4.78 is 17.1. The zero-order valence-electron chi connectivity index (χ0n) is 15.0. The molecule has 0 aliphatic rings. The van der Waals surface area contributed by atoms with Crippen LogP contribution >= 0.6 is 22.7 Å². The maximum Gasteiger partial charge on any atom is 0.190 e. The Morgan fingerprint density at radius 3 is 2.41 bits per heavy atom. The van der Waals surface area contributed by atoms with Crippen molar-refractivity contribution in [2.24, 2.45) is 0 Å². The van der Waals surface area contributed by atoms with Gasteiger partial charge in [0.25, 0.3) is 0 Å². The minimum absolute atomic E-state index is 0.750. The predicted molar refractivity (Wildman–Crippen MR) is 110 cm³/mol. The van der Waals surface area contributed by atoms with Gasteiger partial charge in [-0.15, -0.1) is 11.3 Å². The molecule has 0 radical (unpaired) electrons. The fourth-order valence-electron chi connectivity index (χ4n) is 2.65. The molecule has 2 aromatic heterocycles. The van der Waals surface area contributed by atoms with Crippen molar-refractivity contribution in [3.05, 3.63) is 41.8 Å². The largest absolute Gasteiger partial charge is 0.497 e. The van der Waals surface area contributed by atoms with E-state index in [2.05, 4.69) is 15.3 Å². The molecule has 8 heteroatoms. The number of nitrogens with zero attached hydrogens (tertiary/aromatic N) is 2. The number of hydrogen-bond acceptors (Lipinski definition) is 8. The Kier molecular flexibility index (Phi) is 4.83. The molecule has 0 aliphatic heterocycles. The molecule has 1 N–H and O–H groups in total. The van der Waals surface area contributed by atoms with Crippen molar-refractivity contribution < 1.29 is 14.2 Å². The van der Waals surface area contributed by atoms with Gasteiger partial charge in [0.1, 0.15) is 17.2 Å². The van der Waals surface area contributed by atoms with Crippen molar-refractivity contribution in [1.29, 1.82) is 0 Å². The fourth-order valence-corrected chi connectivity index (χ4v) is 4.27. The maximum atomic E-state index is 5.46. The Hall–Kier alpha value is -2.84. The molecule has 0 amide bonds. The first-order valence-corrected chi connectivity index (χ1v) is 9.79. The number of fused-ring (bicyclic) bond motifs is 1. The molecule has 0 fully saturated rings. The molecule has 138 valence electrons. The molecule has 0 saturated heterocycles.